The van der Waals surface area contributed by atoms with Gasteiger partial charge in [0, 0.05) is 0 Å². The van der Waals surface area contributed by atoms with E-state index in [-0.39, 0.29) is 0 Å². The largest absolute Gasteiger partial charge is 0.497 e. The molecule has 8 nitrogen and oxygen atoms in total. The van der Waals surface area contributed by atoms with Gasteiger partial charge in [-0.3, -0.25) is 0 Å². The van der Waals surface area contributed by atoms with Crippen LogP contribution in [-0.4, -0.2) is 51.9 Å². The zero-order valence-corrected chi connectivity index (χ0v) is 52.9. The molecule has 8 aromatic carbocycles. The van der Waals surface area contributed by atoms with Crippen LogP contribution in [-0.2, 0) is 0 Å². The van der Waals surface area contributed by atoms with Gasteiger partial charge < -0.3 is 18.9 Å². The Kier molecular flexibility index (Phi) is 26.0. The van der Waals surface area contributed by atoms with Crippen LogP contribution in [0.2, 0.25) is 0 Å². The van der Waals surface area contributed by atoms with Gasteiger partial charge in [-0.2, -0.15) is 0 Å². The van der Waals surface area contributed by atoms with Crippen LogP contribution in [0, 0.1) is 0 Å². The van der Waals surface area contributed by atoms with E-state index in [0.717, 1.165) is 113 Å². The highest BCUT2D eigenvalue weighted by Gasteiger charge is 2.10. The highest BCUT2D eigenvalue weighted by atomic mass is 16.5. The Hall–Kier alpha value is -11.3. The van der Waals surface area contributed by atoms with Crippen molar-refractivity contribution in [2.24, 2.45) is 20.0 Å². The number of benzene rings is 8. The molecule has 0 radical (unpaired) electrons. The molecule has 8 heteroatoms. The number of hydrogen-bond donors (Lipinski definition) is 0. The Labute approximate surface area is 537 Å². The SMILES string of the molecule is CC=C(C=CCC=C(C=CCC=C(C=CCC=C(C=C(C)CC)N=C=C(c1ccccc1)c1ccc(OC)cc1)N=C=C(c1ccccc1)c1ccc(OC)cc1)N=C=C(c1ccccc1)c1ccc(OC)cc1)N=C=C(c1ccccc1)c1ccc(OC)cc1. The van der Waals surface area contributed by atoms with Crippen molar-refractivity contribution in [2.75, 3.05) is 28.4 Å². The number of allylic oxidation sites excluding steroid dienone is 12. The molecule has 0 aliphatic heterocycles. The lowest BCUT2D eigenvalue weighted by atomic mass is 9.99. The van der Waals surface area contributed by atoms with Gasteiger partial charge in [0.05, 0.1) is 73.5 Å². The number of ether oxygens (including phenoxy) is 4. The van der Waals surface area contributed by atoms with Crippen LogP contribution in [0.5, 0.6) is 23.0 Å². The Balaban J connectivity index is 1.18. The molecule has 8 aromatic rings. The molecule has 0 bridgehead atoms. The van der Waals surface area contributed by atoms with Crippen LogP contribution in [0.4, 0.5) is 0 Å². The first-order valence-electron chi connectivity index (χ1n) is 30.4. The fraction of sp³-hybridized carbons (Fsp3) is 0.133. The third-order valence-corrected chi connectivity index (χ3v) is 14.5. The predicted molar refractivity (Wildman–Crippen MR) is 381 cm³/mol. The van der Waals surface area contributed by atoms with Gasteiger partial charge in [0.25, 0.3) is 0 Å². The standard InChI is InChI=1S/C83H76N4O4/c1-8-63(3)58-75(87-62-83(67-34-20-13-21-35-67)71-48-56-79(91-7)57-49-71)41-27-26-40-74(86-61-82(66-32-18-12-19-33-66)70-46-54-78(90-6)55-47-70)39-25-24-38-73(85-60-81(65-30-16-11-17-31-65)69-44-52-77(89-5)53-45-69)37-23-22-36-72(9-2)84-59-80(64-28-14-10-15-29-64)68-42-50-76(88-4)51-43-68/h9-22,24,26,28-58H,8,23,25,27H2,1-7H3. The van der Waals surface area contributed by atoms with E-state index >= 15 is 0 Å². The molecule has 0 aromatic heterocycles. The molecule has 0 heterocycles. The minimum Gasteiger partial charge on any atom is -0.497 e. The normalized spacial score (nSPS) is 11.9. The van der Waals surface area contributed by atoms with Crippen LogP contribution in [0.1, 0.15) is 91.0 Å². The molecule has 0 atom stereocenters. The summed E-state index contributed by atoms with van der Waals surface area (Å²) in [5, 5.41) is 0. The molecule has 0 saturated carbocycles. The van der Waals surface area contributed by atoms with Gasteiger partial charge in [-0.1, -0.05) is 176 Å². The van der Waals surface area contributed by atoms with Crippen LogP contribution < -0.4 is 18.9 Å². The van der Waals surface area contributed by atoms with Crippen molar-refractivity contribution in [3.05, 3.63) is 358 Å². The quantitative estimate of drug-likeness (QED) is 0.0379. The van der Waals surface area contributed by atoms with E-state index in [2.05, 4.69) is 128 Å². The third kappa shape index (κ3) is 20.6. The summed E-state index contributed by atoms with van der Waals surface area (Å²) in [6.07, 6.45) is 25.2. The van der Waals surface area contributed by atoms with Crippen molar-refractivity contribution in [1.29, 1.82) is 0 Å². The fourth-order valence-electron chi connectivity index (χ4n) is 9.24. The highest BCUT2D eigenvalue weighted by Crippen LogP contribution is 2.28. The Morgan fingerprint density at radius 3 is 0.835 bits per heavy atom. The number of aliphatic imine (C=N–C) groups is 4. The highest BCUT2D eigenvalue weighted by molar-refractivity contribution is 6.01. The van der Waals surface area contributed by atoms with Gasteiger partial charge in [0.2, 0.25) is 0 Å². The van der Waals surface area contributed by atoms with Crippen molar-refractivity contribution >= 4 is 45.8 Å². The Morgan fingerprint density at radius 2 is 0.571 bits per heavy atom. The molecule has 8 rings (SSSR count). The monoisotopic (exact) mass is 1190 g/mol. The summed E-state index contributed by atoms with van der Waals surface area (Å²) in [5.74, 6) is 16.8. The molecular weight excluding hydrogens is 1120 g/mol. The second-order valence-corrected chi connectivity index (χ2v) is 20.6. The number of nitrogens with zero attached hydrogens (tertiary/aromatic N) is 4. The Bertz CT molecular complexity index is 4200. The van der Waals surface area contributed by atoms with E-state index in [1.165, 1.54) is 5.57 Å². The average Bonchev–Trinajstić information content (AvgIpc) is 2.27. The number of rotatable bonds is 27. The molecule has 91 heavy (non-hydrogen) atoms. The van der Waals surface area contributed by atoms with Crippen molar-refractivity contribution in [1.82, 2.24) is 0 Å². The van der Waals surface area contributed by atoms with Crippen molar-refractivity contribution in [3.63, 3.8) is 0 Å². The summed E-state index contributed by atoms with van der Waals surface area (Å²) in [6.45, 7) is 6.24. The van der Waals surface area contributed by atoms with Crippen molar-refractivity contribution in [3.8, 4) is 23.0 Å². The van der Waals surface area contributed by atoms with Crippen LogP contribution >= 0.6 is 0 Å². The lowest BCUT2D eigenvalue weighted by Crippen LogP contribution is -1.90. The molecule has 0 spiro atoms. The van der Waals surface area contributed by atoms with E-state index in [1.807, 2.05) is 201 Å². The van der Waals surface area contributed by atoms with Gasteiger partial charge >= 0.3 is 0 Å². The molecule has 0 aliphatic rings. The molecular formula is C83H76N4O4. The second-order valence-electron chi connectivity index (χ2n) is 20.6. The molecule has 0 unspecified atom stereocenters. The minimum absolute atomic E-state index is 0.522. The Morgan fingerprint density at radius 1 is 0.330 bits per heavy atom. The van der Waals surface area contributed by atoms with Gasteiger partial charge in [-0.05, 0) is 229 Å². The first-order chi connectivity index (χ1) is 44.8. The predicted octanol–water partition coefficient (Wildman–Crippen LogP) is 20.0. The summed E-state index contributed by atoms with van der Waals surface area (Å²) >= 11 is 0. The summed E-state index contributed by atoms with van der Waals surface area (Å²) < 4.78 is 22.0. The zero-order chi connectivity index (χ0) is 63.7. The van der Waals surface area contributed by atoms with E-state index in [9.17, 15) is 0 Å². The first kappa shape index (κ1) is 65.7. The minimum atomic E-state index is 0.522. The first-order valence-corrected chi connectivity index (χ1v) is 30.4. The molecule has 0 fully saturated rings. The smallest absolute Gasteiger partial charge is 0.118 e. The molecule has 0 amide bonds. The lowest BCUT2D eigenvalue weighted by Gasteiger charge is -2.07. The van der Waals surface area contributed by atoms with Gasteiger partial charge in [-0.25, -0.2) is 20.0 Å². The second kappa shape index (κ2) is 36.1. The lowest BCUT2D eigenvalue weighted by molar-refractivity contribution is 0.414. The van der Waals surface area contributed by atoms with Gasteiger partial charge in [0.15, 0.2) is 0 Å². The number of hydrogen-bond acceptors (Lipinski definition) is 8. The third-order valence-electron chi connectivity index (χ3n) is 14.5. The van der Waals surface area contributed by atoms with E-state index in [0.29, 0.717) is 25.0 Å². The van der Waals surface area contributed by atoms with Gasteiger partial charge in [0.1, 0.15) is 23.0 Å². The van der Waals surface area contributed by atoms with Crippen LogP contribution in [0.15, 0.2) is 334 Å². The fourth-order valence-corrected chi connectivity index (χ4v) is 9.24. The maximum atomic E-state index is 5.53. The summed E-state index contributed by atoms with van der Waals surface area (Å²) in [7, 11) is 6.67. The molecule has 0 N–H and O–H groups in total. The summed E-state index contributed by atoms with van der Waals surface area (Å²) in [4.78, 5) is 20.0. The van der Waals surface area contributed by atoms with Gasteiger partial charge in [-0.15, -0.1) is 0 Å². The van der Waals surface area contributed by atoms with Crippen LogP contribution in [0.3, 0.4) is 0 Å². The van der Waals surface area contributed by atoms with E-state index in [4.69, 9.17) is 38.9 Å². The van der Waals surface area contributed by atoms with Crippen LogP contribution in [0.25, 0.3) is 22.3 Å². The molecule has 452 valence electrons. The molecule has 0 saturated heterocycles. The summed E-state index contributed by atoms with van der Waals surface area (Å²) in [5.41, 5.74) is 15.5. The topological polar surface area (TPSA) is 86.4 Å². The maximum absolute atomic E-state index is 5.53. The maximum Gasteiger partial charge on any atom is 0.118 e. The van der Waals surface area contributed by atoms with Crippen molar-refractivity contribution in [2.45, 2.75) is 46.5 Å². The molecule has 0 aliphatic carbocycles. The van der Waals surface area contributed by atoms with Crippen molar-refractivity contribution < 1.29 is 18.9 Å². The van der Waals surface area contributed by atoms with E-state index in [1.54, 1.807) is 28.4 Å². The summed E-state index contributed by atoms with van der Waals surface area (Å²) in [6, 6.07) is 72.6. The number of methoxy groups -OCH3 is 4. The zero-order valence-electron chi connectivity index (χ0n) is 52.9. The van der Waals surface area contributed by atoms with E-state index < -0.39 is 0 Å². The average molecular weight is 1190 g/mol.